The van der Waals surface area contributed by atoms with Gasteiger partial charge in [-0.15, -0.1) is 0 Å². The van der Waals surface area contributed by atoms with Gasteiger partial charge in [0, 0.05) is 43.0 Å². The minimum atomic E-state index is -3.37. The molecule has 29 heavy (non-hydrogen) atoms. The van der Waals surface area contributed by atoms with Crippen molar-refractivity contribution in [1.82, 2.24) is 4.90 Å². The first kappa shape index (κ1) is 19.6. The normalized spacial score (nSPS) is 16.7. The number of sulfonamides is 1. The van der Waals surface area contributed by atoms with Crippen LogP contribution in [0.1, 0.15) is 11.1 Å². The van der Waals surface area contributed by atoms with Crippen LogP contribution in [0.25, 0.3) is 0 Å². The Bertz CT molecular complexity index is 1080. The van der Waals surface area contributed by atoms with Crippen LogP contribution in [0, 0.1) is 17.5 Å². The molecule has 2 aromatic carbocycles. The first-order chi connectivity index (χ1) is 13.6. The summed E-state index contributed by atoms with van der Waals surface area (Å²) in [5.74, 6) is -3.08. The van der Waals surface area contributed by atoms with Gasteiger partial charge in [-0.05, 0) is 30.2 Å². The molecule has 10 heteroatoms. The van der Waals surface area contributed by atoms with Gasteiger partial charge in [0.2, 0.25) is 10.0 Å². The number of rotatable bonds is 4. The number of nitrogens with zero attached hydrogens (tertiary/aromatic N) is 3. The molecule has 154 valence electrons. The van der Waals surface area contributed by atoms with Crippen LogP contribution >= 0.6 is 0 Å². The topological polar surface area (TPSA) is 60.9 Å². The van der Waals surface area contributed by atoms with Crippen LogP contribution in [0.5, 0.6) is 0 Å². The Morgan fingerprint density at radius 3 is 2.34 bits per heavy atom. The molecule has 2 aliphatic heterocycles. The molecule has 0 atom stereocenters. The fourth-order valence-electron chi connectivity index (χ4n) is 3.75. The SMILES string of the molecule is CS(=O)(=O)N1CCc2cc(N3CCN(Cc4c(F)cc(F)cc4F)C3=O)ccc21. The highest BCUT2D eigenvalue weighted by atomic mass is 32.2. The molecule has 0 spiro atoms. The largest absolute Gasteiger partial charge is 0.324 e. The molecule has 0 radical (unpaired) electrons. The van der Waals surface area contributed by atoms with Crippen molar-refractivity contribution in [2.75, 3.05) is 35.1 Å². The van der Waals surface area contributed by atoms with E-state index < -0.39 is 33.5 Å². The highest BCUT2D eigenvalue weighted by molar-refractivity contribution is 7.92. The lowest BCUT2D eigenvalue weighted by molar-refractivity contribution is 0.217. The molecule has 2 aliphatic rings. The number of urea groups is 1. The first-order valence-corrected chi connectivity index (χ1v) is 10.8. The number of fused-ring (bicyclic) bond motifs is 1. The predicted molar refractivity (Wildman–Crippen MR) is 102 cm³/mol. The van der Waals surface area contributed by atoms with Crippen molar-refractivity contribution < 1.29 is 26.4 Å². The smallest absolute Gasteiger partial charge is 0.318 e. The van der Waals surface area contributed by atoms with Crippen LogP contribution in [0.4, 0.5) is 29.3 Å². The van der Waals surface area contributed by atoms with E-state index in [9.17, 15) is 26.4 Å². The number of halogens is 3. The van der Waals surface area contributed by atoms with Crippen molar-refractivity contribution >= 4 is 27.4 Å². The molecule has 0 saturated carbocycles. The Hall–Kier alpha value is -2.75. The Balaban J connectivity index is 1.55. The minimum absolute atomic E-state index is 0.252. The van der Waals surface area contributed by atoms with E-state index in [-0.39, 0.29) is 18.7 Å². The molecule has 0 bridgehead atoms. The van der Waals surface area contributed by atoms with E-state index in [1.54, 1.807) is 18.2 Å². The average Bonchev–Trinajstić information content (AvgIpc) is 3.21. The summed E-state index contributed by atoms with van der Waals surface area (Å²) in [6.45, 7) is 0.611. The standard InChI is InChI=1S/C19H18F3N3O3S/c1-29(27,28)25-5-4-12-8-14(2-3-18(12)25)24-7-6-23(19(24)26)11-15-16(21)9-13(20)10-17(15)22/h2-3,8-10H,4-7,11H2,1H3. The highest BCUT2D eigenvalue weighted by Gasteiger charge is 2.33. The fourth-order valence-corrected chi connectivity index (χ4v) is 4.71. The molecule has 1 fully saturated rings. The van der Waals surface area contributed by atoms with Crippen molar-refractivity contribution in [3.05, 3.63) is 58.9 Å². The molecule has 0 aromatic heterocycles. The Morgan fingerprint density at radius 2 is 1.69 bits per heavy atom. The molecule has 2 aromatic rings. The van der Waals surface area contributed by atoms with Gasteiger partial charge in [0.15, 0.2) is 0 Å². The van der Waals surface area contributed by atoms with Crippen molar-refractivity contribution in [2.45, 2.75) is 13.0 Å². The van der Waals surface area contributed by atoms with Gasteiger partial charge in [0.05, 0.1) is 18.5 Å². The Kier molecular flexibility index (Phi) is 4.68. The Labute approximate surface area is 166 Å². The van der Waals surface area contributed by atoms with E-state index in [1.165, 1.54) is 14.1 Å². The number of hydrogen-bond acceptors (Lipinski definition) is 3. The second-order valence-electron chi connectivity index (χ2n) is 7.10. The molecular formula is C19H18F3N3O3S. The van der Waals surface area contributed by atoms with E-state index in [4.69, 9.17) is 0 Å². The summed E-state index contributed by atoms with van der Waals surface area (Å²) in [6.07, 6.45) is 1.68. The number of hydrogen-bond donors (Lipinski definition) is 0. The molecule has 1 saturated heterocycles. The summed E-state index contributed by atoms with van der Waals surface area (Å²) in [7, 11) is -3.37. The van der Waals surface area contributed by atoms with Crippen LogP contribution in [-0.4, -0.2) is 45.2 Å². The summed E-state index contributed by atoms with van der Waals surface area (Å²) in [5, 5.41) is 0. The minimum Gasteiger partial charge on any atom is -0.318 e. The molecule has 6 nitrogen and oxygen atoms in total. The second kappa shape index (κ2) is 6.94. The number of carbonyl (C=O) groups excluding carboxylic acids is 1. The molecule has 4 rings (SSSR count). The van der Waals surface area contributed by atoms with E-state index in [0.29, 0.717) is 43.0 Å². The molecule has 0 unspecified atom stereocenters. The lowest BCUT2D eigenvalue weighted by atomic mass is 10.1. The zero-order valence-corrected chi connectivity index (χ0v) is 16.3. The van der Waals surface area contributed by atoms with Crippen LogP contribution in [0.3, 0.4) is 0 Å². The van der Waals surface area contributed by atoms with E-state index in [0.717, 1.165) is 11.8 Å². The summed E-state index contributed by atoms with van der Waals surface area (Å²) in [6, 6.07) is 5.83. The van der Waals surface area contributed by atoms with Crippen molar-refractivity contribution in [1.29, 1.82) is 0 Å². The van der Waals surface area contributed by atoms with Gasteiger partial charge in [0.1, 0.15) is 17.5 Å². The number of carbonyl (C=O) groups is 1. The van der Waals surface area contributed by atoms with Crippen LogP contribution < -0.4 is 9.21 Å². The fraction of sp³-hybridized carbons (Fsp3) is 0.316. The lowest BCUT2D eigenvalue weighted by Crippen LogP contribution is -2.32. The van der Waals surface area contributed by atoms with E-state index in [1.807, 2.05) is 0 Å². The Morgan fingerprint density at radius 1 is 1.00 bits per heavy atom. The highest BCUT2D eigenvalue weighted by Crippen LogP contribution is 2.34. The number of amides is 2. The van der Waals surface area contributed by atoms with Crippen molar-refractivity contribution in [3.8, 4) is 0 Å². The molecule has 2 heterocycles. The summed E-state index contributed by atoms with van der Waals surface area (Å²) < 4.78 is 65.9. The monoisotopic (exact) mass is 425 g/mol. The summed E-state index contributed by atoms with van der Waals surface area (Å²) in [5.41, 5.74) is 1.64. The third-order valence-electron chi connectivity index (χ3n) is 5.18. The average molecular weight is 425 g/mol. The van der Waals surface area contributed by atoms with E-state index >= 15 is 0 Å². The second-order valence-corrected chi connectivity index (χ2v) is 9.01. The van der Waals surface area contributed by atoms with Crippen molar-refractivity contribution in [2.24, 2.45) is 0 Å². The van der Waals surface area contributed by atoms with Crippen LogP contribution in [0.15, 0.2) is 30.3 Å². The maximum absolute atomic E-state index is 13.9. The number of benzene rings is 2. The van der Waals surface area contributed by atoms with Gasteiger partial charge >= 0.3 is 6.03 Å². The van der Waals surface area contributed by atoms with Gasteiger partial charge in [-0.25, -0.2) is 26.4 Å². The molecule has 2 amide bonds. The predicted octanol–water partition coefficient (Wildman–Crippen LogP) is 2.87. The van der Waals surface area contributed by atoms with Gasteiger partial charge in [0.25, 0.3) is 0 Å². The van der Waals surface area contributed by atoms with Gasteiger partial charge in [-0.3, -0.25) is 9.21 Å². The zero-order valence-electron chi connectivity index (χ0n) is 15.5. The maximum atomic E-state index is 13.9. The third kappa shape index (κ3) is 3.52. The van der Waals surface area contributed by atoms with E-state index in [2.05, 4.69) is 0 Å². The number of anilines is 2. The van der Waals surface area contributed by atoms with Gasteiger partial charge in [-0.1, -0.05) is 0 Å². The maximum Gasteiger partial charge on any atom is 0.324 e. The summed E-state index contributed by atoms with van der Waals surface area (Å²) in [4.78, 5) is 15.5. The molecule has 0 N–H and O–H groups in total. The molecular weight excluding hydrogens is 407 g/mol. The quantitative estimate of drug-likeness (QED) is 0.757. The first-order valence-electron chi connectivity index (χ1n) is 8.95. The summed E-state index contributed by atoms with van der Waals surface area (Å²) >= 11 is 0. The lowest BCUT2D eigenvalue weighted by Gasteiger charge is -2.21. The third-order valence-corrected chi connectivity index (χ3v) is 6.36. The molecule has 0 aliphatic carbocycles. The van der Waals surface area contributed by atoms with Crippen LogP contribution in [0.2, 0.25) is 0 Å². The van der Waals surface area contributed by atoms with Gasteiger partial charge < -0.3 is 4.90 Å². The zero-order chi connectivity index (χ0) is 20.9. The van der Waals surface area contributed by atoms with Crippen LogP contribution in [-0.2, 0) is 23.0 Å². The van der Waals surface area contributed by atoms with Gasteiger partial charge in [-0.2, -0.15) is 0 Å². The van der Waals surface area contributed by atoms with Crippen molar-refractivity contribution in [3.63, 3.8) is 0 Å².